The van der Waals surface area contributed by atoms with Crippen LogP contribution in [0.5, 0.6) is 5.75 Å². The van der Waals surface area contributed by atoms with E-state index >= 15 is 0 Å². The molecular weight excluding hydrogens is 390 g/mol. The van der Waals surface area contributed by atoms with Crippen LogP contribution in [0.15, 0.2) is 42.0 Å². The average molecular weight is 414 g/mol. The van der Waals surface area contributed by atoms with Crippen LogP contribution in [0.1, 0.15) is 35.1 Å². The molecule has 0 heterocycles. The minimum absolute atomic E-state index is 0.316. The molecule has 1 aliphatic rings. The van der Waals surface area contributed by atoms with Crippen LogP contribution < -0.4 is 10.1 Å². The Morgan fingerprint density at radius 2 is 1.86 bits per heavy atom. The molecule has 2 N–H and O–H groups in total. The van der Waals surface area contributed by atoms with Crippen molar-refractivity contribution in [2.24, 2.45) is 0 Å². The second kappa shape index (κ2) is 9.14. The van der Waals surface area contributed by atoms with Gasteiger partial charge in [-0.25, -0.2) is 0 Å². The summed E-state index contributed by atoms with van der Waals surface area (Å²) >= 11 is 6.20. The molecule has 0 fully saturated rings. The summed E-state index contributed by atoms with van der Waals surface area (Å²) in [7, 11) is 0. The Hall–Kier alpha value is -2.79. The van der Waals surface area contributed by atoms with Crippen molar-refractivity contribution in [1.82, 2.24) is 5.32 Å². The summed E-state index contributed by atoms with van der Waals surface area (Å²) in [5.41, 5.74) is 5.72. The highest BCUT2D eigenvalue weighted by Crippen LogP contribution is 2.36. The molecule has 3 rings (SSSR count). The third kappa shape index (κ3) is 4.98. The molecule has 0 aliphatic heterocycles. The third-order valence-electron chi connectivity index (χ3n) is 5.00. The third-order valence-corrected chi connectivity index (χ3v) is 5.59. The highest BCUT2D eigenvalue weighted by atomic mass is 35.5. The van der Waals surface area contributed by atoms with Crippen molar-refractivity contribution in [2.45, 2.75) is 33.1 Å². The van der Waals surface area contributed by atoms with E-state index in [4.69, 9.17) is 21.4 Å². The molecule has 0 saturated carbocycles. The van der Waals surface area contributed by atoms with Gasteiger partial charge in [0.1, 0.15) is 12.3 Å². The number of carbonyl (C=O) groups excluding carboxylic acids is 1. The standard InChI is InChI=1S/C23H24ClNO4/c1-14-10-17(11-15(2)22(14)24)29-9-5-8-19-18-7-4-3-6-16(18)12-20(19)23(28)25-13-21(26)27/h3-4,6-7,10-11H,5,8-9,12-13H2,1-2H3,(H,25,28)(H,26,27). The Kier molecular flexibility index (Phi) is 6.60. The number of carboxylic acid groups (broad SMARTS) is 1. The van der Waals surface area contributed by atoms with Crippen molar-refractivity contribution in [3.63, 3.8) is 0 Å². The first kappa shape index (κ1) is 20.9. The van der Waals surface area contributed by atoms with Crippen molar-refractivity contribution in [3.05, 3.63) is 69.2 Å². The smallest absolute Gasteiger partial charge is 0.322 e. The predicted molar refractivity (Wildman–Crippen MR) is 113 cm³/mol. The van der Waals surface area contributed by atoms with Gasteiger partial charge >= 0.3 is 5.97 Å². The quantitative estimate of drug-likeness (QED) is 0.632. The monoisotopic (exact) mass is 413 g/mol. The molecule has 1 amide bonds. The van der Waals surface area contributed by atoms with Gasteiger partial charge in [-0.15, -0.1) is 0 Å². The van der Waals surface area contributed by atoms with Crippen LogP contribution in [0.3, 0.4) is 0 Å². The van der Waals surface area contributed by atoms with Crippen LogP contribution in [-0.2, 0) is 16.0 Å². The van der Waals surface area contributed by atoms with Crippen molar-refractivity contribution in [2.75, 3.05) is 13.2 Å². The second-order valence-corrected chi connectivity index (χ2v) is 7.57. The van der Waals surface area contributed by atoms with Crippen LogP contribution in [-0.4, -0.2) is 30.1 Å². The number of carbonyl (C=O) groups is 2. The summed E-state index contributed by atoms with van der Waals surface area (Å²) in [6, 6.07) is 11.8. The molecule has 1 aliphatic carbocycles. The molecule has 0 unspecified atom stereocenters. The lowest BCUT2D eigenvalue weighted by Crippen LogP contribution is -2.30. The first-order valence-corrected chi connectivity index (χ1v) is 9.94. The minimum Gasteiger partial charge on any atom is -0.494 e. The number of ether oxygens (including phenoxy) is 1. The van der Waals surface area contributed by atoms with Crippen LogP contribution in [0, 0.1) is 13.8 Å². The van der Waals surface area contributed by atoms with Gasteiger partial charge in [0.15, 0.2) is 0 Å². The average Bonchev–Trinajstić information content (AvgIpc) is 3.06. The molecule has 0 bridgehead atoms. The van der Waals surface area contributed by atoms with E-state index in [1.807, 2.05) is 50.2 Å². The number of benzene rings is 2. The molecule has 2 aromatic carbocycles. The van der Waals surface area contributed by atoms with E-state index in [1.165, 1.54) is 0 Å². The number of halogens is 1. The topological polar surface area (TPSA) is 75.6 Å². The van der Waals surface area contributed by atoms with Gasteiger partial charge in [0.25, 0.3) is 0 Å². The highest BCUT2D eigenvalue weighted by molar-refractivity contribution is 6.32. The van der Waals surface area contributed by atoms with E-state index in [9.17, 15) is 9.59 Å². The second-order valence-electron chi connectivity index (χ2n) is 7.19. The molecule has 0 radical (unpaired) electrons. The van der Waals surface area contributed by atoms with E-state index in [0.29, 0.717) is 25.0 Å². The lowest BCUT2D eigenvalue weighted by molar-refractivity contribution is -0.137. The summed E-state index contributed by atoms with van der Waals surface area (Å²) in [5, 5.41) is 12.1. The van der Waals surface area contributed by atoms with E-state index < -0.39 is 5.97 Å². The van der Waals surface area contributed by atoms with Gasteiger partial charge < -0.3 is 15.2 Å². The SMILES string of the molecule is Cc1cc(OCCCC2=C(C(=O)NCC(=O)O)Cc3ccccc32)cc(C)c1Cl. The molecule has 5 nitrogen and oxygen atoms in total. The van der Waals surface area contributed by atoms with E-state index in [0.717, 1.165) is 45.0 Å². The number of amides is 1. The summed E-state index contributed by atoms with van der Waals surface area (Å²) in [6.45, 7) is 4.02. The molecule has 29 heavy (non-hydrogen) atoms. The number of hydrogen-bond donors (Lipinski definition) is 2. The van der Waals surface area contributed by atoms with Crippen LogP contribution in [0.2, 0.25) is 5.02 Å². The normalized spacial score (nSPS) is 12.7. The van der Waals surface area contributed by atoms with Gasteiger partial charge in [-0.3, -0.25) is 9.59 Å². The van der Waals surface area contributed by atoms with Gasteiger partial charge in [0.05, 0.1) is 6.61 Å². The fourth-order valence-corrected chi connectivity index (χ4v) is 3.73. The fourth-order valence-electron chi connectivity index (χ4n) is 3.62. The summed E-state index contributed by atoms with van der Waals surface area (Å²) in [4.78, 5) is 23.3. The molecule has 0 aromatic heterocycles. The zero-order valence-electron chi connectivity index (χ0n) is 16.5. The number of fused-ring (bicyclic) bond motifs is 1. The molecule has 2 aromatic rings. The number of rotatable bonds is 8. The molecule has 0 spiro atoms. The van der Waals surface area contributed by atoms with Crippen LogP contribution in [0.25, 0.3) is 5.57 Å². The Morgan fingerprint density at radius 3 is 2.55 bits per heavy atom. The lowest BCUT2D eigenvalue weighted by Gasteiger charge is -2.12. The number of aliphatic carboxylic acids is 1. The Morgan fingerprint density at radius 1 is 1.17 bits per heavy atom. The van der Waals surface area contributed by atoms with Crippen molar-refractivity contribution >= 4 is 29.1 Å². The number of allylic oxidation sites excluding steroid dienone is 1. The highest BCUT2D eigenvalue weighted by Gasteiger charge is 2.25. The van der Waals surface area contributed by atoms with E-state index in [-0.39, 0.29) is 12.5 Å². The van der Waals surface area contributed by atoms with Gasteiger partial charge in [-0.05, 0) is 66.6 Å². The maximum absolute atomic E-state index is 12.5. The van der Waals surface area contributed by atoms with Crippen LogP contribution in [0.4, 0.5) is 0 Å². The number of carboxylic acids is 1. The van der Waals surface area contributed by atoms with E-state index in [1.54, 1.807) is 0 Å². The fraction of sp³-hybridized carbons (Fsp3) is 0.304. The lowest BCUT2D eigenvalue weighted by atomic mass is 10.0. The zero-order chi connectivity index (χ0) is 21.0. The largest absolute Gasteiger partial charge is 0.494 e. The zero-order valence-corrected chi connectivity index (χ0v) is 17.3. The van der Waals surface area contributed by atoms with Gasteiger partial charge in [0, 0.05) is 17.0 Å². The molecular formula is C23H24ClNO4. The molecule has 0 atom stereocenters. The number of hydrogen-bond acceptors (Lipinski definition) is 3. The Bertz CT molecular complexity index is 958. The van der Waals surface area contributed by atoms with Crippen molar-refractivity contribution in [3.8, 4) is 5.75 Å². The van der Waals surface area contributed by atoms with Crippen molar-refractivity contribution < 1.29 is 19.4 Å². The van der Waals surface area contributed by atoms with Gasteiger partial charge in [-0.2, -0.15) is 0 Å². The van der Waals surface area contributed by atoms with Crippen molar-refractivity contribution in [1.29, 1.82) is 0 Å². The predicted octanol–water partition coefficient (Wildman–Crippen LogP) is 4.33. The van der Waals surface area contributed by atoms with Gasteiger partial charge in [0.2, 0.25) is 5.91 Å². The maximum Gasteiger partial charge on any atom is 0.322 e. The summed E-state index contributed by atoms with van der Waals surface area (Å²) in [6.07, 6.45) is 1.94. The summed E-state index contributed by atoms with van der Waals surface area (Å²) in [5.74, 6) is -0.592. The Labute approximate surface area is 175 Å². The summed E-state index contributed by atoms with van der Waals surface area (Å²) < 4.78 is 5.89. The molecule has 152 valence electrons. The Balaban J connectivity index is 1.68. The molecule has 6 heteroatoms. The maximum atomic E-state index is 12.5. The minimum atomic E-state index is -1.06. The first-order chi connectivity index (χ1) is 13.9. The molecule has 0 saturated heterocycles. The number of aryl methyl sites for hydroxylation is 2. The van der Waals surface area contributed by atoms with E-state index in [2.05, 4.69) is 5.32 Å². The van der Waals surface area contributed by atoms with Crippen LogP contribution >= 0.6 is 11.6 Å². The number of nitrogens with one attached hydrogen (secondary N) is 1. The van der Waals surface area contributed by atoms with Gasteiger partial charge in [-0.1, -0.05) is 35.9 Å². The first-order valence-electron chi connectivity index (χ1n) is 9.56.